The second-order valence-electron chi connectivity index (χ2n) is 7.90. The SMILES string of the molecule is CN(C)S(=O)(=O)N1CCC(C(=O)N2CCN(C/C=C/c3ccccc3)CC2)CC1. The summed E-state index contributed by atoms with van der Waals surface area (Å²) in [4.78, 5) is 17.2. The Kier molecular flexibility index (Phi) is 7.45. The molecule has 2 aliphatic rings. The minimum absolute atomic E-state index is 0.0619. The molecule has 0 spiro atoms. The number of carbonyl (C=O) groups excluding carboxylic acids is 1. The van der Waals surface area contributed by atoms with Gasteiger partial charge >= 0.3 is 0 Å². The Hall–Kier alpha value is -1.74. The van der Waals surface area contributed by atoms with Crippen LogP contribution in [0.5, 0.6) is 0 Å². The first-order valence-electron chi connectivity index (χ1n) is 10.3. The Morgan fingerprint density at radius 3 is 2.24 bits per heavy atom. The van der Waals surface area contributed by atoms with Crippen molar-refractivity contribution in [3.63, 3.8) is 0 Å². The fourth-order valence-corrected chi connectivity index (χ4v) is 5.01. The van der Waals surface area contributed by atoms with E-state index in [-0.39, 0.29) is 11.8 Å². The summed E-state index contributed by atoms with van der Waals surface area (Å²) in [6.07, 6.45) is 5.51. The third kappa shape index (κ3) is 5.66. The van der Waals surface area contributed by atoms with E-state index in [0.717, 1.165) is 32.7 Å². The monoisotopic (exact) mass is 420 g/mol. The van der Waals surface area contributed by atoms with Gasteiger partial charge in [-0.25, -0.2) is 0 Å². The normalized spacial score (nSPS) is 20.6. The second kappa shape index (κ2) is 9.84. The first-order chi connectivity index (χ1) is 13.9. The molecule has 2 fully saturated rings. The van der Waals surface area contributed by atoms with Gasteiger partial charge in [0.2, 0.25) is 5.91 Å². The first kappa shape index (κ1) is 22.0. The Labute approximate surface area is 174 Å². The lowest BCUT2D eigenvalue weighted by atomic mass is 9.96. The van der Waals surface area contributed by atoms with Gasteiger partial charge in [-0.3, -0.25) is 9.69 Å². The van der Waals surface area contributed by atoms with E-state index in [4.69, 9.17) is 0 Å². The Bertz CT molecular complexity index is 794. The molecule has 3 rings (SSSR count). The molecule has 1 aromatic carbocycles. The summed E-state index contributed by atoms with van der Waals surface area (Å²) < 4.78 is 27.2. The van der Waals surface area contributed by atoms with Crippen molar-refractivity contribution in [1.82, 2.24) is 18.4 Å². The van der Waals surface area contributed by atoms with Crippen molar-refractivity contribution in [1.29, 1.82) is 0 Å². The van der Waals surface area contributed by atoms with Crippen LogP contribution in [0.25, 0.3) is 6.08 Å². The fraction of sp³-hybridized carbons (Fsp3) is 0.571. The molecule has 7 nitrogen and oxygen atoms in total. The van der Waals surface area contributed by atoms with Gasteiger partial charge in [0.25, 0.3) is 10.2 Å². The number of rotatable bonds is 6. The Balaban J connectivity index is 1.42. The van der Waals surface area contributed by atoms with Gasteiger partial charge in [-0.05, 0) is 18.4 Å². The topological polar surface area (TPSA) is 64.2 Å². The van der Waals surface area contributed by atoms with Crippen LogP contribution in [0.2, 0.25) is 0 Å². The van der Waals surface area contributed by atoms with Crippen molar-refractivity contribution in [2.24, 2.45) is 5.92 Å². The molecular weight excluding hydrogens is 388 g/mol. The van der Waals surface area contributed by atoms with Crippen LogP contribution in [0, 0.1) is 5.92 Å². The largest absolute Gasteiger partial charge is 0.340 e. The summed E-state index contributed by atoms with van der Waals surface area (Å²) in [7, 11) is -0.296. The first-order valence-corrected chi connectivity index (χ1v) is 11.7. The number of hydrogen-bond acceptors (Lipinski definition) is 4. The maximum absolute atomic E-state index is 12.9. The number of piperidine rings is 1. The zero-order valence-electron chi connectivity index (χ0n) is 17.4. The molecule has 0 unspecified atom stereocenters. The summed E-state index contributed by atoms with van der Waals surface area (Å²) in [5.74, 6) is 0.125. The van der Waals surface area contributed by atoms with Gasteiger partial charge in [-0.15, -0.1) is 0 Å². The van der Waals surface area contributed by atoms with E-state index in [1.165, 1.54) is 14.2 Å². The highest BCUT2D eigenvalue weighted by Crippen LogP contribution is 2.23. The van der Waals surface area contributed by atoms with E-state index in [9.17, 15) is 13.2 Å². The van der Waals surface area contributed by atoms with Gasteiger partial charge in [-0.1, -0.05) is 42.5 Å². The number of benzene rings is 1. The number of amides is 1. The van der Waals surface area contributed by atoms with Crippen molar-refractivity contribution in [3.05, 3.63) is 42.0 Å². The average Bonchev–Trinajstić information content (AvgIpc) is 2.74. The molecule has 8 heteroatoms. The van der Waals surface area contributed by atoms with Crippen molar-refractivity contribution in [2.75, 3.05) is 59.9 Å². The molecule has 0 radical (unpaired) electrons. The molecule has 0 aliphatic carbocycles. The molecule has 1 amide bonds. The van der Waals surface area contributed by atoms with Crippen LogP contribution >= 0.6 is 0 Å². The molecule has 0 saturated carbocycles. The molecular formula is C21H32N4O3S. The quantitative estimate of drug-likeness (QED) is 0.697. The van der Waals surface area contributed by atoms with Crippen LogP contribution < -0.4 is 0 Å². The Morgan fingerprint density at radius 2 is 1.66 bits per heavy atom. The molecule has 1 aromatic rings. The van der Waals surface area contributed by atoms with E-state index in [1.807, 2.05) is 23.1 Å². The zero-order valence-corrected chi connectivity index (χ0v) is 18.2. The van der Waals surface area contributed by atoms with Gasteiger partial charge in [0.15, 0.2) is 0 Å². The minimum atomic E-state index is -3.38. The van der Waals surface area contributed by atoms with Crippen LogP contribution in [0.1, 0.15) is 18.4 Å². The highest BCUT2D eigenvalue weighted by Gasteiger charge is 2.34. The molecule has 0 bridgehead atoms. The predicted molar refractivity (Wildman–Crippen MR) is 115 cm³/mol. The minimum Gasteiger partial charge on any atom is -0.340 e. The maximum Gasteiger partial charge on any atom is 0.281 e. The smallest absolute Gasteiger partial charge is 0.281 e. The third-order valence-corrected chi connectivity index (χ3v) is 7.69. The molecule has 2 aliphatic heterocycles. The standard InChI is InChI=1S/C21H32N4O3S/c1-22(2)29(27,28)25-13-10-20(11-14-25)21(26)24-17-15-23(16-18-24)12-6-9-19-7-4-3-5-8-19/h3-9,20H,10-18H2,1-2H3/b9-6+. The number of hydrogen-bond donors (Lipinski definition) is 0. The highest BCUT2D eigenvalue weighted by atomic mass is 32.2. The summed E-state index contributed by atoms with van der Waals surface area (Å²) in [6.45, 7) is 4.96. The maximum atomic E-state index is 12.9. The lowest BCUT2D eigenvalue weighted by Gasteiger charge is -2.38. The van der Waals surface area contributed by atoms with Gasteiger partial charge < -0.3 is 4.90 Å². The average molecular weight is 421 g/mol. The fourth-order valence-electron chi connectivity index (χ4n) is 3.88. The molecule has 2 saturated heterocycles. The van der Waals surface area contributed by atoms with Gasteiger partial charge in [0.1, 0.15) is 0 Å². The van der Waals surface area contributed by atoms with E-state index >= 15 is 0 Å². The van der Waals surface area contributed by atoms with E-state index in [2.05, 4.69) is 29.2 Å². The van der Waals surface area contributed by atoms with Crippen molar-refractivity contribution in [3.8, 4) is 0 Å². The van der Waals surface area contributed by atoms with Crippen LogP contribution in [-0.4, -0.2) is 92.6 Å². The van der Waals surface area contributed by atoms with Crippen LogP contribution in [0.4, 0.5) is 0 Å². The van der Waals surface area contributed by atoms with Crippen molar-refractivity contribution < 1.29 is 13.2 Å². The van der Waals surface area contributed by atoms with Crippen molar-refractivity contribution >= 4 is 22.2 Å². The van der Waals surface area contributed by atoms with Crippen LogP contribution in [-0.2, 0) is 15.0 Å². The summed E-state index contributed by atoms with van der Waals surface area (Å²) in [5, 5.41) is 0. The van der Waals surface area contributed by atoms with E-state index in [0.29, 0.717) is 25.9 Å². The predicted octanol–water partition coefficient (Wildman–Crippen LogP) is 1.36. The van der Waals surface area contributed by atoms with Gasteiger partial charge in [0, 0.05) is 65.8 Å². The van der Waals surface area contributed by atoms with Gasteiger partial charge in [-0.2, -0.15) is 17.0 Å². The molecule has 0 atom stereocenters. The summed E-state index contributed by atoms with van der Waals surface area (Å²) in [6, 6.07) is 10.2. The summed E-state index contributed by atoms with van der Waals surface area (Å²) in [5.41, 5.74) is 1.20. The van der Waals surface area contributed by atoms with E-state index < -0.39 is 10.2 Å². The Morgan fingerprint density at radius 1 is 1.03 bits per heavy atom. The molecule has 29 heavy (non-hydrogen) atoms. The third-order valence-electron chi connectivity index (χ3n) is 5.75. The van der Waals surface area contributed by atoms with E-state index in [1.54, 1.807) is 14.1 Å². The molecule has 2 heterocycles. The number of piperazine rings is 1. The lowest BCUT2D eigenvalue weighted by Crippen LogP contribution is -2.52. The van der Waals surface area contributed by atoms with Gasteiger partial charge in [0.05, 0.1) is 0 Å². The zero-order chi connectivity index (χ0) is 20.9. The highest BCUT2D eigenvalue weighted by molar-refractivity contribution is 7.86. The number of carbonyl (C=O) groups is 1. The van der Waals surface area contributed by atoms with Crippen molar-refractivity contribution in [2.45, 2.75) is 12.8 Å². The molecule has 0 aromatic heterocycles. The second-order valence-corrected chi connectivity index (χ2v) is 10.0. The van der Waals surface area contributed by atoms with Crippen LogP contribution in [0.3, 0.4) is 0 Å². The molecule has 0 N–H and O–H groups in total. The molecule has 160 valence electrons. The summed E-state index contributed by atoms with van der Waals surface area (Å²) >= 11 is 0. The van der Waals surface area contributed by atoms with Crippen LogP contribution in [0.15, 0.2) is 36.4 Å². The lowest BCUT2D eigenvalue weighted by molar-refractivity contribution is -0.138. The number of nitrogens with zero attached hydrogens (tertiary/aromatic N) is 4.